The van der Waals surface area contributed by atoms with Crippen molar-refractivity contribution in [2.24, 2.45) is 5.92 Å². The number of benzene rings is 1. The second-order valence-electron chi connectivity index (χ2n) is 4.63. The SMILES string of the molecule is FC(CCc1ccccc1)C1CCNCC1. The molecule has 1 aliphatic rings. The number of piperidine rings is 1. The summed E-state index contributed by atoms with van der Waals surface area (Å²) in [7, 11) is 0. The average molecular weight is 221 g/mol. The van der Waals surface area contributed by atoms with Crippen molar-refractivity contribution in [2.45, 2.75) is 31.9 Å². The van der Waals surface area contributed by atoms with Gasteiger partial charge in [0.2, 0.25) is 0 Å². The Labute approximate surface area is 97.1 Å². The zero-order chi connectivity index (χ0) is 11.2. The lowest BCUT2D eigenvalue weighted by atomic mass is 9.90. The fourth-order valence-electron chi connectivity index (χ4n) is 2.39. The Balaban J connectivity index is 1.76. The summed E-state index contributed by atoms with van der Waals surface area (Å²) in [6, 6.07) is 10.2. The van der Waals surface area contributed by atoms with E-state index < -0.39 is 6.17 Å². The highest BCUT2D eigenvalue weighted by Crippen LogP contribution is 2.22. The van der Waals surface area contributed by atoms with Gasteiger partial charge in [0, 0.05) is 0 Å². The normalized spacial score (nSPS) is 19.6. The second-order valence-corrected chi connectivity index (χ2v) is 4.63. The number of hydrogen-bond donors (Lipinski definition) is 1. The van der Waals surface area contributed by atoms with Gasteiger partial charge in [0.25, 0.3) is 0 Å². The minimum absolute atomic E-state index is 0.282. The number of aryl methyl sites for hydroxylation is 1. The third-order valence-electron chi connectivity index (χ3n) is 3.45. The molecule has 0 bridgehead atoms. The van der Waals surface area contributed by atoms with Gasteiger partial charge in [0.05, 0.1) is 0 Å². The number of hydrogen-bond acceptors (Lipinski definition) is 1. The molecule has 1 saturated heterocycles. The molecule has 88 valence electrons. The first-order valence-electron chi connectivity index (χ1n) is 6.25. The van der Waals surface area contributed by atoms with Crippen molar-refractivity contribution in [1.82, 2.24) is 5.32 Å². The lowest BCUT2D eigenvalue weighted by Gasteiger charge is -2.25. The summed E-state index contributed by atoms with van der Waals surface area (Å²) in [4.78, 5) is 0. The van der Waals surface area contributed by atoms with Gasteiger partial charge in [0.15, 0.2) is 0 Å². The fraction of sp³-hybridized carbons (Fsp3) is 0.571. The van der Waals surface area contributed by atoms with E-state index in [0.717, 1.165) is 32.4 Å². The van der Waals surface area contributed by atoms with E-state index in [1.54, 1.807) is 0 Å². The summed E-state index contributed by atoms with van der Waals surface area (Å²) >= 11 is 0. The van der Waals surface area contributed by atoms with Crippen molar-refractivity contribution in [3.05, 3.63) is 35.9 Å². The highest BCUT2D eigenvalue weighted by Gasteiger charge is 2.22. The standard InChI is InChI=1S/C14H20FN/c15-14(13-8-10-16-11-9-13)7-6-12-4-2-1-3-5-12/h1-5,13-14,16H,6-11H2. The topological polar surface area (TPSA) is 12.0 Å². The molecule has 0 aromatic heterocycles. The highest BCUT2D eigenvalue weighted by molar-refractivity contribution is 5.14. The van der Waals surface area contributed by atoms with E-state index in [-0.39, 0.29) is 5.92 Å². The molecule has 1 aromatic rings. The van der Waals surface area contributed by atoms with E-state index >= 15 is 0 Å². The quantitative estimate of drug-likeness (QED) is 0.824. The van der Waals surface area contributed by atoms with Gasteiger partial charge in [0.1, 0.15) is 6.17 Å². The third kappa shape index (κ3) is 3.31. The maximum absolute atomic E-state index is 13.9. The minimum Gasteiger partial charge on any atom is -0.317 e. The predicted octanol–water partition coefficient (Wildman–Crippen LogP) is 2.96. The van der Waals surface area contributed by atoms with Crippen LogP contribution in [0, 0.1) is 5.92 Å². The van der Waals surface area contributed by atoms with Gasteiger partial charge in [-0.3, -0.25) is 0 Å². The van der Waals surface area contributed by atoms with Crippen LogP contribution in [0.1, 0.15) is 24.8 Å². The number of halogens is 1. The van der Waals surface area contributed by atoms with Crippen LogP contribution in [0.5, 0.6) is 0 Å². The van der Waals surface area contributed by atoms with Crippen molar-refractivity contribution in [2.75, 3.05) is 13.1 Å². The smallest absolute Gasteiger partial charge is 0.103 e. The van der Waals surface area contributed by atoms with Crippen LogP contribution in [0.4, 0.5) is 4.39 Å². The summed E-state index contributed by atoms with van der Waals surface area (Å²) in [5.74, 6) is 0.282. The predicted molar refractivity (Wildman–Crippen MR) is 65.3 cm³/mol. The van der Waals surface area contributed by atoms with Crippen LogP contribution < -0.4 is 5.32 Å². The molecule has 1 fully saturated rings. The van der Waals surface area contributed by atoms with Crippen molar-refractivity contribution >= 4 is 0 Å². The molecule has 0 aliphatic carbocycles. The zero-order valence-corrected chi connectivity index (χ0v) is 9.66. The number of nitrogens with one attached hydrogen (secondary N) is 1. The molecule has 1 nitrogen and oxygen atoms in total. The van der Waals surface area contributed by atoms with Crippen LogP contribution in [0.2, 0.25) is 0 Å². The molecule has 2 rings (SSSR count). The molecule has 2 heteroatoms. The van der Waals surface area contributed by atoms with Crippen LogP contribution in [-0.2, 0) is 6.42 Å². The number of rotatable bonds is 4. The van der Waals surface area contributed by atoms with E-state index in [9.17, 15) is 4.39 Å². The molecule has 1 unspecified atom stereocenters. The lowest BCUT2D eigenvalue weighted by molar-refractivity contribution is 0.178. The second kappa shape index (κ2) is 6.00. The molecule has 1 atom stereocenters. The maximum Gasteiger partial charge on any atom is 0.103 e. The van der Waals surface area contributed by atoms with Crippen LogP contribution in [-0.4, -0.2) is 19.3 Å². The van der Waals surface area contributed by atoms with E-state index in [2.05, 4.69) is 17.4 Å². The maximum atomic E-state index is 13.9. The van der Waals surface area contributed by atoms with Gasteiger partial charge in [-0.25, -0.2) is 4.39 Å². The summed E-state index contributed by atoms with van der Waals surface area (Å²) in [5, 5.41) is 3.28. The van der Waals surface area contributed by atoms with Gasteiger partial charge in [-0.05, 0) is 50.3 Å². The molecule has 0 amide bonds. The first-order chi connectivity index (χ1) is 7.86. The fourth-order valence-corrected chi connectivity index (χ4v) is 2.39. The molecule has 0 saturated carbocycles. The first-order valence-corrected chi connectivity index (χ1v) is 6.25. The van der Waals surface area contributed by atoms with Crippen LogP contribution in [0.3, 0.4) is 0 Å². The van der Waals surface area contributed by atoms with E-state index in [1.807, 2.05) is 18.2 Å². The summed E-state index contributed by atoms with van der Waals surface area (Å²) in [6.07, 6.45) is 2.91. The Hall–Kier alpha value is -0.890. The van der Waals surface area contributed by atoms with E-state index in [4.69, 9.17) is 0 Å². The largest absolute Gasteiger partial charge is 0.317 e. The Morgan fingerprint density at radius 2 is 1.88 bits per heavy atom. The lowest BCUT2D eigenvalue weighted by Crippen LogP contribution is -2.32. The number of alkyl halides is 1. The van der Waals surface area contributed by atoms with Gasteiger partial charge in [-0.15, -0.1) is 0 Å². The molecular weight excluding hydrogens is 201 g/mol. The highest BCUT2D eigenvalue weighted by atomic mass is 19.1. The van der Waals surface area contributed by atoms with Crippen LogP contribution in [0.25, 0.3) is 0 Å². The Kier molecular flexibility index (Phi) is 4.34. The van der Waals surface area contributed by atoms with Gasteiger partial charge < -0.3 is 5.32 Å². The molecule has 1 N–H and O–H groups in total. The zero-order valence-electron chi connectivity index (χ0n) is 9.66. The van der Waals surface area contributed by atoms with Crippen molar-refractivity contribution in [1.29, 1.82) is 0 Å². The Bertz CT molecular complexity index is 293. The van der Waals surface area contributed by atoms with Gasteiger partial charge in [-0.1, -0.05) is 30.3 Å². The molecule has 1 aromatic carbocycles. The third-order valence-corrected chi connectivity index (χ3v) is 3.45. The molecular formula is C14H20FN. The van der Waals surface area contributed by atoms with Crippen LogP contribution in [0.15, 0.2) is 30.3 Å². The van der Waals surface area contributed by atoms with E-state index in [1.165, 1.54) is 5.56 Å². The van der Waals surface area contributed by atoms with Crippen molar-refractivity contribution in [3.8, 4) is 0 Å². The Morgan fingerprint density at radius 1 is 1.19 bits per heavy atom. The van der Waals surface area contributed by atoms with Crippen molar-refractivity contribution < 1.29 is 4.39 Å². The molecule has 0 radical (unpaired) electrons. The average Bonchev–Trinajstić information content (AvgIpc) is 2.38. The molecule has 1 heterocycles. The summed E-state index contributed by atoms with van der Waals surface area (Å²) in [5.41, 5.74) is 1.25. The monoisotopic (exact) mass is 221 g/mol. The first kappa shape index (κ1) is 11.6. The molecule has 16 heavy (non-hydrogen) atoms. The van der Waals surface area contributed by atoms with E-state index in [0.29, 0.717) is 6.42 Å². The van der Waals surface area contributed by atoms with Gasteiger partial charge in [-0.2, -0.15) is 0 Å². The molecule has 1 aliphatic heterocycles. The van der Waals surface area contributed by atoms with Gasteiger partial charge >= 0.3 is 0 Å². The minimum atomic E-state index is -0.623. The summed E-state index contributed by atoms with van der Waals surface area (Å²) < 4.78 is 13.9. The molecule has 0 spiro atoms. The van der Waals surface area contributed by atoms with Crippen LogP contribution >= 0.6 is 0 Å². The van der Waals surface area contributed by atoms with Crippen molar-refractivity contribution in [3.63, 3.8) is 0 Å². The Morgan fingerprint density at radius 3 is 2.56 bits per heavy atom. The summed E-state index contributed by atoms with van der Waals surface area (Å²) in [6.45, 7) is 1.97.